The Hall–Kier alpha value is -1.39. The highest BCUT2D eigenvalue weighted by atomic mass is 16.2. The van der Waals surface area contributed by atoms with Crippen LogP contribution in [0, 0.1) is 0 Å². The minimum Gasteiger partial charge on any atom is -0.351 e. The molecule has 1 N–H and O–H groups in total. The molecule has 3 rings (SSSR count). The maximum Gasteiger partial charge on any atom is 0.237 e. The van der Waals surface area contributed by atoms with Crippen LogP contribution in [0.2, 0.25) is 0 Å². The zero-order valence-electron chi connectivity index (χ0n) is 17.4. The second-order valence-corrected chi connectivity index (χ2v) is 8.69. The number of carbonyl (C=O) groups excluding carboxylic acids is 1. The van der Waals surface area contributed by atoms with Crippen molar-refractivity contribution in [2.75, 3.05) is 13.1 Å². The van der Waals surface area contributed by atoms with Crippen molar-refractivity contribution in [1.82, 2.24) is 15.1 Å². The predicted octanol–water partition coefficient (Wildman–Crippen LogP) is 3.94. The van der Waals surface area contributed by atoms with Gasteiger partial charge in [0, 0.05) is 25.2 Å². The number of carbonyl (C=O) groups is 1. The summed E-state index contributed by atoms with van der Waals surface area (Å²) in [6, 6.07) is 9.96. The highest BCUT2D eigenvalue weighted by Crippen LogP contribution is 2.21. The average Bonchev–Trinajstić information content (AvgIpc) is 2.69. The predicted molar refractivity (Wildman–Crippen MR) is 111 cm³/mol. The number of benzene rings is 1. The molecule has 2 unspecified atom stereocenters. The van der Waals surface area contributed by atoms with Crippen molar-refractivity contribution in [1.29, 1.82) is 0 Å². The molecule has 2 aliphatic rings. The lowest BCUT2D eigenvalue weighted by atomic mass is 9.99. The topological polar surface area (TPSA) is 35.6 Å². The minimum absolute atomic E-state index is 0.0404. The van der Waals surface area contributed by atoms with E-state index in [9.17, 15) is 4.79 Å². The lowest BCUT2D eigenvalue weighted by Gasteiger charge is -2.37. The number of rotatable bonds is 6. The van der Waals surface area contributed by atoms with E-state index in [0.717, 1.165) is 25.9 Å². The standard InChI is InChI=1S/C23H37N3O/c1-18(2)26-15-7-5-9-22(26)23(27)24-16-20-10-12-21(13-11-20)17-25-14-6-4-8-19(25)3/h10-13,18-19,22H,4-9,14-17H2,1-3H3,(H,24,27). The molecule has 150 valence electrons. The Morgan fingerprint density at radius 3 is 2.41 bits per heavy atom. The maximum atomic E-state index is 12.7. The van der Waals surface area contributed by atoms with Crippen LogP contribution in [-0.4, -0.2) is 46.9 Å². The molecule has 2 atom stereocenters. The van der Waals surface area contributed by atoms with E-state index in [1.165, 1.54) is 43.4 Å². The summed E-state index contributed by atoms with van der Waals surface area (Å²) in [7, 11) is 0. The van der Waals surface area contributed by atoms with Gasteiger partial charge in [-0.25, -0.2) is 0 Å². The Labute approximate surface area is 165 Å². The molecule has 2 heterocycles. The third-order valence-corrected chi connectivity index (χ3v) is 6.33. The summed E-state index contributed by atoms with van der Waals surface area (Å²) in [5, 5.41) is 3.17. The summed E-state index contributed by atoms with van der Waals surface area (Å²) in [5.41, 5.74) is 2.56. The maximum absolute atomic E-state index is 12.7. The lowest BCUT2D eigenvalue weighted by molar-refractivity contribution is -0.128. The van der Waals surface area contributed by atoms with E-state index in [2.05, 4.69) is 60.2 Å². The Morgan fingerprint density at radius 1 is 1.04 bits per heavy atom. The summed E-state index contributed by atoms with van der Waals surface area (Å²) in [5.74, 6) is 0.189. The molecular weight excluding hydrogens is 334 g/mol. The lowest BCUT2D eigenvalue weighted by Crippen LogP contribution is -2.51. The highest BCUT2D eigenvalue weighted by molar-refractivity contribution is 5.81. The summed E-state index contributed by atoms with van der Waals surface area (Å²) < 4.78 is 0. The van der Waals surface area contributed by atoms with Crippen molar-refractivity contribution in [2.24, 2.45) is 0 Å². The number of piperidine rings is 2. The monoisotopic (exact) mass is 371 g/mol. The molecule has 0 radical (unpaired) electrons. The van der Waals surface area contributed by atoms with Crippen molar-refractivity contribution < 1.29 is 4.79 Å². The van der Waals surface area contributed by atoms with Gasteiger partial charge in [0.1, 0.15) is 0 Å². The molecule has 0 bridgehead atoms. The largest absolute Gasteiger partial charge is 0.351 e. The van der Waals surface area contributed by atoms with E-state index in [-0.39, 0.29) is 11.9 Å². The molecule has 4 nitrogen and oxygen atoms in total. The fourth-order valence-corrected chi connectivity index (χ4v) is 4.55. The van der Waals surface area contributed by atoms with Gasteiger partial charge in [-0.2, -0.15) is 0 Å². The normalized spacial score (nSPS) is 24.9. The third kappa shape index (κ3) is 5.55. The summed E-state index contributed by atoms with van der Waals surface area (Å²) in [6.45, 7) is 10.6. The Bertz CT molecular complexity index is 598. The van der Waals surface area contributed by atoms with Crippen LogP contribution < -0.4 is 5.32 Å². The molecule has 2 saturated heterocycles. The molecule has 0 spiro atoms. The van der Waals surface area contributed by atoms with Crippen LogP contribution in [0.1, 0.15) is 70.4 Å². The third-order valence-electron chi connectivity index (χ3n) is 6.33. The van der Waals surface area contributed by atoms with Crippen LogP contribution in [0.4, 0.5) is 0 Å². The molecule has 0 aliphatic carbocycles. The molecule has 4 heteroatoms. The number of amides is 1. The highest BCUT2D eigenvalue weighted by Gasteiger charge is 2.29. The van der Waals surface area contributed by atoms with E-state index in [4.69, 9.17) is 0 Å². The van der Waals surface area contributed by atoms with Crippen molar-refractivity contribution in [2.45, 2.75) is 90.5 Å². The van der Waals surface area contributed by atoms with Gasteiger partial charge in [-0.3, -0.25) is 14.6 Å². The van der Waals surface area contributed by atoms with Crippen LogP contribution in [0.25, 0.3) is 0 Å². The smallest absolute Gasteiger partial charge is 0.237 e. The van der Waals surface area contributed by atoms with Gasteiger partial charge in [0.05, 0.1) is 6.04 Å². The van der Waals surface area contributed by atoms with E-state index in [0.29, 0.717) is 18.6 Å². The van der Waals surface area contributed by atoms with Gasteiger partial charge < -0.3 is 5.32 Å². The molecule has 0 aromatic heterocycles. The first-order chi connectivity index (χ1) is 13.0. The second kappa shape index (κ2) is 9.70. The SMILES string of the molecule is CC1CCCCN1Cc1ccc(CNC(=O)C2CCCCN2C(C)C)cc1. The minimum atomic E-state index is 0.0404. The molecular formula is C23H37N3O. The van der Waals surface area contributed by atoms with E-state index >= 15 is 0 Å². The molecule has 1 aromatic carbocycles. The van der Waals surface area contributed by atoms with Gasteiger partial charge in [0.2, 0.25) is 5.91 Å². The fourth-order valence-electron chi connectivity index (χ4n) is 4.55. The number of hydrogen-bond acceptors (Lipinski definition) is 3. The van der Waals surface area contributed by atoms with Gasteiger partial charge in [0.25, 0.3) is 0 Å². The second-order valence-electron chi connectivity index (χ2n) is 8.69. The van der Waals surface area contributed by atoms with Gasteiger partial charge >= 0.3 is 0 Å². The van der Waals surface area contributed by atoms with Crippen LogP contribution in [0.3, 0.4) is 0 Å². The van der Waals surface area contributed by atoms with Crippen molar-refractivity contribution in [3.05, 3.63) is 35.4 Å². The summed E-state index contributed by atoms with van der Waals surface area (Å²) in [4.78, 5) is 17.6. The first-order valence-electron chi connectivity index (χ1n) is 10.9. The molecule has 0 saturated carbocycles. The van der Waals surface area contributed by atoms with Gasteiger partial charge in [-0.15, -0.1) is 0 Å². The first kappa shape index (κ1) is 20.3. The number of likely N-dealkylation sites (tertiary alicyclic amines) is 2. The van der Waals surface area contributed by atoms with Crippen LogP contribution >= 0.6 is 0 Å². The Balaban J connectivity index is 1.50. The molecule has 27 heavy (non-hydrogen) atoms. The van der Waals surface area contributed by atoms with Gasteiger partial charge in [0.15, 0.2) is 0 Å². The van der Waals surface area contributed by atoms with E-state index in [1.54, 1.807) is 0 Å². The van der Waals surface area contributed by atoms with E-state index < -0.39 is 0 Å². The Morgan fingerprint density at radius 2 is 1.70 bits per heavy atom. The number of nitrogens with zero attached hydrogens (tertiary/aromatic N) is 2. The fraction of sp³-hybridized carbons (Fsp3) is 0.696. The van der Waals surface area contributed by atoms with Crippen molar-refractivity contribution in [3.8, 4) is 0 Å². The zero-order chi connectivity index (χ0) is 19.2. The number of hydrogen-bond donors (Lipinski definition) is 1. The van der Waals surface area contributed by atoms with Crippen LogP contribution in [-0.2, 0) is 17.9 Å². The summed E-state index contributed by atoms with van der Waals surface area (Å²) >= 11 is 0. The molecule has 2 fully saturated rings. The van der Waals surface area contributed by atoms with Crippen LogP contribution in [0.5, 0.6) is 0 Å². The molecule has 2 aliphatic heterocycles. The van der Waals surface area contributed by atoms with E-state index in [1.807, 2.05) is 0 Å². The zero-order valence-corrected chi connectivity index (χ0v) is 17.4. The van der Waals surface area contributed by atoms with Crippen molar-refractivity contribution >= 4 is 5.91 Å². The van der Waals surface area contributed by atoms with Crippen molar-refractivity contribution in [3.63, 3.8) is 0 Å². The first-order valence-corrected chi connectivity index (χ1v) is 10.9. The average molecular weight is 372 g/mol. The summed E-state index contributed by atoms with van der Waals surface area (Å²) in [6.07, 6.45) is 7.36. The quantitative estimate of drug-likeness (QED) is 0.823. The van der Waals surface area contributed by atoms with Gasteiger partial charge in [-0.05, 0) is 70.7 Å². The molecule has 1 aromatic rings. The van der Waals surface area contributed by atoms with Crippen LogP contribution in [0.15, 0.2) is 24.3 Å². The number of nitrogens with one attached hydrogen (secondary N) is 1. The molecule has 1 amide bonds. The van der Waals surface area contributed by atoms with Gasteiger partial charge in [-0.1, -0.05) is 37.1 Å². The Kier molecular flexibility index (Phi) is 7.31.